The Kier molecular flexibility index (Phi) is 3.78. The highest BCUT2D eigenvalue weighted by Gasteiger charge is 2.19. The Hall–Kier alpha value is -1.98. The Bertz CT molecular complexity index is 546. The smallest absolute Gasteiger partial charge is 0.182 e. The van der Waals surface area contributed by atoms with Crippen LogP contribution >= 0.6 is 0 Å². The molecule has 0 aliphatic carbocycles. The van der Waals surface area contributed by atoms with E-state index in [0.29, 0.717) is 23.0 Å². The van der Waals surface area contributed by atoms with Crippen LogP contribution in [0.3, 0.4) is 0 Å². The number of nitrogens with two attached hydrogens (primary N) is 1. The van der Waals surface area contributed by atoms with Gasteiger partial charge in [-0.25, -0.2) is 9.07 Å². The van der Waals surface area contributed by atoms with Crippen molar-refractivity contribution < 1.29 is 4.39 Å². The van der Waals surface area contributed by atoms with Crippen LogP contribution in [0, 0.1) is 11.7 Å². The molecule has 0 saturated heterocycles. The van der Waals surface area contributed by atoms with E-state index in [4.69, 9.17) is 5.73 Å². The second-order valence-corrected chi connectivity index (χ2v) is 4.85. The molecule has 0 bridgehead atoms. The molecule has 5 nitrogen and oxygen atoms in total. The third-order valence-electron chi connectivity index (χ3n) is 3.52. The van der Waals surface area contributed by atoms with E-state index in [0.717, 1.165) is 6.42 Å². The van der Waals surface area contributed by atoms with Gasteiger partial charge in [-0.15, -0.1) is 5.10 Å². The van der Waals surface area contributed by atoms with E-state index in [1.54, 1.807) is 10.7 Å². The Labute approximate surface area is 111 Å². The largest absolute Gasteiger partial charge is 0.399 e. The van der Waals surface area contributed by atoms with Gasteiger partial charge in [-0.1, -0.05) is 20.3 Å². The Balaban J connectivity index is 2.44. The molecule has 19 heavy (non-hydrogen) atoms. The van der Waals surface area contributed by atoms with Gasteiger partial charge in [0, 0.05) is 11.3 Å². The third-order valence-corrected chi connectivity index (χ3v) is 3.52. The second kappa shape index (κ2) is 5.34. The lowest BCUT2D eigenvalue weighted by molar-refractivity contribution is 0.340. The molecule has 1 heterocycles. The number of benzene rings is 1. The van der Waals surface area contributed by atoms with Crippen molar-refractivity contribution >= 4 is 5.69 Å². The summed E-state index contributed by atoms with van der Waals surface area (Å²) < 4.78 is 15.1. The predicted octanol–water partition coefficient (Wildman–Crippen LogP) is 2.67. The summed E-state index contributed by atoms with van der Waals surface area (Å²) in [5.74, 6) is 0.577. The minimum atomic E-state index is -0.388. The highest BCUT2D eigenvalue weighted by molar-refractivity contribution is 5.61. The SMILES string of the molecule is CCC(C)C(C)n1nnnc1-c1cc(N)cc(F)c1. The van der Waals surface area contributed by atoms with Crippen molar-refractivity contribution in [2.45, 2.75) is 33.2 Å². The molecule has 2 rings (SSSR count). The van der Waals surface area contributed by atoms with E-state index >= 15 is 0 Å². The standard InChI is InChI=1S/C13H18FN5/c1-4-8(2)9(3)19-13(16-17-18-19)10-5-11(14)7-12(15)6-10/h5-9H,4,15H2,1-3H3. The van der Waals surface area contributed by atoms with E-state index in [2.05, 4.69) is 36.3 Å². The van der Waals surface area contributed by atoms with E-state index in [1.165, 1.54) is 12.1 Å². The van der Waals surface area contributed by atoms with Crippen molar-refractivity contribution in [1.82, 2.24) is 20.2 Å². The molecule has 0 amide bonds. The molecule has 102 valence electrons. The van der Waals surface area contributed by atoms with E-state index in [9.17, 15) is 4.39 Å². The molecule has 2 N–H and O–H groups in total. The molecule has 0 saturated carbocycles. The summed E-state index contributed by atoms with van der Waals surface area (Å²) in [6.45, 7) is 6.30. The number of nitrogens with zero attached hydrogens (tertiary/aromatic N) is 4. The lowest BCUT2D eigenvalue weighted by atomic mass is 10.0. The van der Waals surface area contributed by atoms with Crippen LogP contribution in [-0.4, -0.2) is 20.2 Å². The van der Waals surface area contributed by atoms with Crippen LogP contribution < -0.4 is 5.73 Å². The molecule has 1 aromatic carbocycles. The molecule has 0 spiro atoms. The fraction of sp³-hybridized carbons (Fsp3) is 0.462. The third kappa shape index (κ3) is 2.72. The maximum atomic E-state index is 13.4. The van der Waals surface area contributed by atoms with Gasteiger partial charge in [0.2, 0.25) is 0 Å². The summed E-state index contributed by atoms with van der Waals surface area (Å²) in [5, 5.41) is 11.7. The van der Waals surface area contributed by atoms with E-state index < -0.39 is 0 Å². The zero-order valence-corrected chi connectivity index (χ0v) is 11.3. The minimum Gasteiger partial charge on any atom is -0.399 e. The lowest BCUT2D eigenvalue weighted by Crippen LogP contribution is -2.16. The fourth-order valence-electron chi connectivity index (χ4n) is 1.98. The van der Waals surface area contributed by atoms with Gasteiger partial charge < -0.3 is 5.73 Å². The van der Waals surface area contributed by atoms with Crippen molar-refractivity contribution in [2.75, 3.05) is 5.73 Å². The molecule has 2 atom stereocenters. The Morgan fingerprint density at radius 2 is 2.05 bits per heavy atom. The number of nitrogen functional groups attached to an aromatic ring is 1. The number of halogens is 1. The van der Waals surface area contributed by atoms with Gasteiger partial charge >= 0.3 is 0 Å². The highest BCUT2D eigenvalue weighted by Crippen LogP contribution is 2.26. The maximum absolute atomic E-state index is 13.4. The molecular formula is C13H18FN5. The number of hydrogen-bond donors (Lipinski definition) is 1. The van der Waals surface area contributed by atoms with Crippen LogP contribution in [0.1, 0.15) is 33.2 Å². The van der Waals surface area contributed by atoms with E-state index in [1.807, 2.05) is 0 Å². The first-order chi connectivity index (χ1) is 9.02. The number of tetrazole rings is 1. The quantitative estimate of drug-likeness (QED) is 0.861. The Morgan fingerprint density at radius 1 is 1.32 bits per heavy atom. The van der Waals surface area contributed by atoms with Crippen molar-refractivity contribution in [3.8, 4) is 11.4 Å². The average molecular weight is 263 g/mol. The summed E-state index contributed by atoms with van der Waals surface area (Å²) in [6, 6.07) is 4.48. The van der Waals surface area contributed by atoms with Crippen LogP contribution in [0.15, 0.2) is 18.2 Å². The average Bonchev–Trinajstić information content (AvgIpc) is 2.84. The molecule has 0 radical (unpaired) electrons. The Morgan fingerprint density at radius 3 is 2.68 bits per heavy atom. The summed E-state index contributed by atoms with van der Waals surface area (Å²) >= 11 is 0. The summed E-state index contributed by atoms with van der Waals surface area (Å²) in [7, 11) is 0. The molecule has 2 unspecified atom stereocenters. The molecule has 1 aromatic heterocycles. The van der Waals surface area contributed by atoms with Crippen LogP contribution in [0.2, 0.25) is 0 Å². The number of rotatable bonds is 4. The van der Waals surface area contributed by atoms with Crippen LogP contribution in [0.4, 0.5) is 10.1 Å². The van der Waals surface area contributed by atoms with Gasteiger partial charge in [-0.2, -0.15) is 0 Å². The van der Waals surface area contributed by atoms with Gasteiger partial charge in [0.05, 0.1) is 6.04 Å². The molecular weight excluding hydrogens is 245 g/mol. The van der Waals surface area contributed by atoms with Crippen LogP contribution in [0.5, 0.6) is 0 Å². The van der Waals surface area contributed by atoms with Gasteiger partial charge in [0.1, 0.15) is 5.82 Å². The summed E-state index contributed by atoms with van der Waals surface area (Å²) in [5.41, 5.74) is 6.62. The first kappa shape index (κ1) is 13.5. The topological polar surface area (TPSA) is 69.6 Å². The van der Waals surface area contributed by atoms with Crippen molar-refractivity contribution in [3.05, 3.63) is 24.0 Å². The maximum Gasteiger partial charge on any atom is 0.182 e. The van der Waals surface area contributed by atoms with Crippen molar-refractivity contribution in [1.29, 1.82) is 0 Å². The first-order valence-corrected chi connectivity index (χ1v) is 6.37. The number of hydrogen-bond acceptors (Lipinski definition) is 4. The van der Waals surface area contributed by atoms with Crippen molar-refractivity contribution in [3.63, 3.8) is 0 Å². The highest BCUT2D eigenvalue weighted by atomic mass is 19.1. The van der Waals surface area contributed by atoms with Gasteiger partial charge in [0.25, 0.3) is 0 Å². The summed E-state index contributed by atoms with van der Waals surface area (Å²) in [6.07, 6.45) is 1.02. The zero-order valence-electron chi connectivity index (χ0n) is 11.3. The van der Waals surface area contributed by atoms with Crippen LogP contribution in [0.25, 0.3) is 11.4 Å². The number of anilines is 1. The molecule has 2 aromatic rings. The molecule has 0 fully saturated rings. The molecule has 0 aliphatic rings. The second-order valence-electron chi connectivity index (χ2n) is 4.85. The van der Waals surface area contributed by atoms with Crippen molar-refractivity contribution in [2.24, 2.45) is 5.92 Å². The first-order valence-electron chi connectivity index (χ1n) is 6.37. The summed E-state index contributed by atoms with van der Waals surface area (Å²) in [4.78, 5) is 0. The monoisotopic (exact) mass is 263 g/mol. The lowest BCUT2D eigenvalue weighted by Gasteiger charge is -2.19. The minimum absolute atomic E-state index is 0.138. The normalized spacial score (nSPS) is 14.3. The molecule has 6 heteroatoms. The van der Waals surface area contributed by atoms with Crippen LogP contribution in [-0.2, 0) is 0 Å². The van der Waals surface area contributed by atoms with Gasteiger partial charge in [0.15, 0.2) is 5.82 Å². The zero-order chi connectivity index (χ0) is 14.0. The van der Waals surface area contributed by atoms with E-state index in [-0.39, 0.29) is 11.9 Å². The van der Waals surface area contributed by atoms with Gasteiger partial charge in [-0.3, -0.25) is 0 Å². The predicted molar refractivity (Wildman–Crippen MR) is 71.8 cm³/mol. The molecule has 0 aliphatic heterocycles. The number of aromatic nitrogens is 4. The van der Waals surface area contributed by atoms with Gasteiger partial charge in [-0.05, 0) is 41.5 Å². The fourth-order valence-corrected chi connectivity index (χ4v) is 1.98.